The van der Waals surface area contributed by atoms with Crippen LogP contribution in [0.1, 0.15) is 19.2 Å². The number of hydrogen-bond acceptors (Lipinski definition) is 4. The van der Waals surface area contributed by atoms with Crippen molar-refractivity contribution in [3.63, 3.8) is 0 Å². The monoisotopic (exact) mass is 336 g/mol. The topological polar surface area (TPSA) is 70.4 Å². The van der Waals surface area contributed by atoms with Crippen LogP contribution in [0.5, 0.6) is 0 Å². The summed E-state index contributed by atoms with van der Waals surface area (Å²) in [6, 6.07) is 5.73. The Hall–Kier alpha value is -1.63. The van der Waals surface area contributed by atoms with Crippen LogP contribution >= 0.6 is 11.6 Å². The maximum atomic E-state index is 10.7. The van der Waals surface area contributed by atoms with Gasteiger partial charge in [0.15, 0.2) is 0 Å². The van der Waals surface area contributed by atoms with E-state index >= 15 is 0 Å². The van der Waals surface area contributed by atoms with Gasteiger partial charge in [-0.2, -0.15) is 0 Å². The van der Waals surface area contributed by atoms with E-state index in [1.54, 1.807) is 0 Å². The highest BCUT2D eigenvalue weighted by Gasteiger charge is 2.34. The summed E-state index contributed by atoms with van der Waals surface area (Å²) in [5.41, 5.74) is 1.81. The number of hydrogen-bond donors (Lipinski definition) is 2. The summed E-state index contributed by atoms with van der Waals surface area (Å²) >= 11 is 6.03. The number of benzene rings is 1. The van der Waals surface area contributed by atoms with Crippen LogP contribution in [0.15, 0.2) is 18.2 Å². The van der Waals surface area contributed by atoms with E-state index in [2.05, 4.69) is 26.7 Å². The molecule has 1 aliphatic heterocycles. The van der Waals surface area contributed by atoms with Gasteiger partial charge in [-0.1, -0.05) is 11.6 Å². The number of aryl methyl sites for hydroxylation is 1. The van der Waals surface area contributed by atoms with Crippen LogP contribution in [0, 0.1) is 0 Å². The molecular weight excluding hydrogens is 316 g/mol. The highest BCUT2D eigenvalue weighted by molar-refractivity contribution is 6.31. The molecule has 2 heterocycles. The zero-order valence-corrected chi connectivity index (χ0v) is 14.1. The van der Waals surface area contributed by atoms with Crippen molar-refractivity contribution in [1.82, 2.24) is 19.8 Å². The molecule has 1 atom stereocenters. The zero-order chi connectivity index (χ0) is 16.6. The van der Waals surface area contributed by atoms with E-state index in [4.69, 9.17) is 16.7 Å². The molecule has 23 heavy (non-hydrogen) atoms. The molecule has 2 N–H and O–H groups in total. The summed E-state index contributed by atoms with van der Waals surface area (Å²) in [5.74, 6) is 0.168. The zero-order valence-electron chi connectivity index (χ0n) is 13.3. The first-order valence-corrected chi connectivity index (χ1v) is 8.04. The quantitative estimate of drug-likeness (QED) is 0.872. The van der Waals surface area contributed by atoms with Crippen LogP contribution < -0.4 is 5.32 Å². The molecule has 3 rings (SSSR count). The molecule has 0 radical (unpaired) electrons. The molecule has 1 fully saturated rings. The first-order valence-electron chi connectivity index (χ1n) is 7.66. The second-order valence-corrected chi connectivity index (χ2v) is 6.93. The lowest BCUT2D eigenvalue weighted by Crippen LogP contribution is -2.46. The molecule has 124 valence electrons. The number of carboxylic acid groups (broad SMARTS) is 1. The highest BCUT2D eigenvalue weighted by Crippen LogP contribution is 2.24. The predicted molar refractivity (Wildman–Crippen MR) is 89.7 cm³/mol. The number of halogens is 1. The molecule has 1 aromatic heterocycles. The van der Waals surface area contributed by atoms with Crippen LogP contribution in [0.2, 0.25) is 5.02 Å². The lowest BCUT2D eigenvalue weighted by molar-refractivity contribution is -0.136. The van der Waals surface area contributed by atoms with Crippen molar-refractivity contribution >= 4 is 28.6 Å². The minimum Gasteiger partial charge on any atom is -0.480 e. The Labute approximate surface area is 140 Å². The van der Waals surface area contributed by atoms with Crippen molar-refractivity contribution in [2.24, 2.45) is 7.05 Å². The van der Waals surface area contributed by atoms with E-state index < -0.39 is 5.97 Å². The number of aromatic nitrogens is 2. The third-order valence-corrected chi connectivity index (χ3v) is 4.75. The highest BCUT2D eigenvalue weighted by atomic mass is 35.5. The van der Waals surface area contributed by atoms with E-state index in [-0.39, 0.29) is 12.1 Å². The maximum absolute atomic E-state index is 10.7. The summed E-state index contributed by atoms with van der Waals surface area (Å²) in [6.45, 7) is 4.55. The van der Waals surface area contributed by atoms with Crippen LogP contribution in [0.4, 0.5) is 0 Å². The Balaban J connectivity index is 1.71. The van der Waals surface area contributed by atoms with Crippen LogP contribution in [-0.4, -0.2) is 50.7 Å². The lowest BCUT2D eigenvalue weighted by atomic mass is 10.0. The van der Waals surface area contributed by atoms with Crippen molar-refractivity contribution in [1.29, 1.82) is 0 Å². The third-order valence-electron chi connectivity index (χ3n) is 4.52. The van der Waals surface area contributed by atoms with Gasteiger partial charge in [-0.15, -0.1) is 0 Å². The minimum atomic E-state index is -0.822. The third kappa shape index (κ3) is 3.49. The molecule has 0 aliphatic carbocycles. The van der Waals surface area contributed by atoms with Crippen LogP contribution in [0.25, 0.3) is 11.0 Å². The molecule has 7 heteroatoms. The molecule has 0 unspecified atom stereocenters. The van der Waals surface area contributed by atoms with Crippen molar-refractivity contribution in [3.05, 3.63) is 29.0 Å². The number of carbonyl (C=O) groups is 1. The first kappa shape index (κ1) is 16.2. The van der Waals surface area contributed by atoms with Gasteiger partial charge in [-0.3, -0.25) is 9.69 Å². The fraction of sp³-hybridized carbons (Fsp3) is 0.500. The number of imidazole rings is 1. The maximum Gasteiger partial charge on any atom is 0.317 e. The van der Waals surface area contributed by atoms with Gasteiger partial charge in [0.05, 0.1) is 24.1 Å². The molecule has 0 saturated carbocycles. The Morgan fingerprint density at radius 3 is 3.04 bits per heavy atom. The number of likely N-dealkylation sites (tertiary alicyclic amines) is 1. The van der Waals surface area contributed by atoms with Gasteiger partial charge in [-0.05, 0) is 31.5 Å². The first-order chi connectivity index (χ1) is 10.9. The van der Waals surface area contributed by atoms with Gasteiger partial charge in [0.25, 0.3) is 0 Å². The minimum absolute atomic E-state index is 0.00483. The van der Waals surface area contributed by atoms with E-state index in [1.807, 2.05) is 25.2 Å². The summed E-state index contributed by atoms with van der Waals surface area (Å²) in [6.07, 6.45) is 0.927. The summed E-state index contributed by atoms with van der Waals surface area (Å²) in [5, 5.41) is 12.7. The molecule has 2 aromatic rings. The Bertz CT molecular complexity index is 745. The number of rotatable bonds is 5. The van der Waals surface area contributed by atoms with Crippen molar-refractivity contribution in [3.8, 4) is 0 Å². The molecule has 1 aliphatic rings. The number of nitrogens with one attached hydrogen (secondary N) is 1. The van der Waals surface area contributed by atoms with Gasteiger partial charge in [0.2, 0.25) is 0 Å². The molecule has 0 amide bonds. The molecule has 0 bridgehead atoms. The predicted octanol–water partition coefficient (Wildman–Crippen LogP) is 1.87. The standard InChI is InChI=1S/C16H21ClN4O2/c1-16(18-8-15(22)23)5-6-21(10-16)9-14-19-12-7-11(17)3-4-13(12)20(14)2/h3-4,7,18H,5-6,8-10H2,1-2H3,(H,22,23)/t16-/m1/s1. The molecule has 6 nitrogen and oxygen atoms in total. The molecule has 1 aromatic carbocycles. The summed E-state index contributed by atoms with van der Waals surface area (Å²) in [7, 11) is 2.01. The lowest BCUT2D eigenvalue weighted by Gasteiger charge is -2.25. The summed E-state index contributed by atoms with van der Waals surface area (Å²) in [4.78, 5) is 17.7. The summed E-state index contributed by atoms with van der Waals surface area (Å²) < 4.78 is 2.09. The second kappa shape index (κ2) is 6.11. The molecular formula is C16H21ClN4O2. The van der Waals surface area contributed by atoms with E-state index in [0.29, 0.717) is 5.02 Å². The SMILES string of the molecule is Cn1c(CN2CC[C@@](C)(NCC(=O)O)C2)nc2cc(Cl)ccc21. The van der Waals surface area contributed by atoms with Crippen molar-refractivity contribution in [2.45, 2.75) is 25.4 Å². The van der Waals surface area contributed by atoms with Gasteiger partial charge in [-0.25, -0.2) is 4.98 Å². The van der Waals surface area contributed by atoms with Crippen LogP contribution in [-0.2, 0) is 18.4 Å². The largest absolute Gasteiger partial charge is 0.480 e. The Kier molecular flexibility index (Phi) is 4.31. The van der Waals surface area contributed by atoms with E-state index in [0.717, 1.165) is 42.9 Å². The Morgan fingerprint density at radius 2 is 2.30 bits per heavy atom. The van der Waals surface area contributed by atoms with Gasteiger partial charge in [0.1, 0.15) is 5.82 Å². The normalized spacial score (nSPS) is 22.0. The number of fused-ring (bicyclic) bond motifs is 1. The van der Waals surface area contributed by atoms with E-state index in [1.165, 1.54) is 0 Å². The van der Waals surface area contributed by atoms with Crippen molar-refractivity contribution in [2.75, 3.05) is 19.6 Å². The van der Waals surface area contributed by atoms with Crippen LogP contribution in [0.3, 0.4) is 0 Å². The second-order valence-electron chi connectivity index (χ2n) is 6.49. The van der Waals surface area contributed by atoms with Gasteiger partial charge >= 0.3 is 5.97 Å². The fourth-order valence-corrected chi connectivity index (χ4v) is 3.36. The fourth-order valence-electron chi connectivity index (χ4n) is 3.19. The average molecular weight is 337 g/mol. The Morgan fingerprint density at radius 1 is 1.52 bits per heavy atom. The molecule has 1 saturated heterocycles. The number of nitrogens with zero attached hydrogens (tertiary/aromatic N) is 3. The number of carboxylic acids is 1. The number of aliphatic carboxylic acids is 1. The smallest absolute Gasteiger partial charge is 0.317 e. The van der Waals surface area contributed by atoms with E-state index in [9.17, 15) is 4.79 Å². The molecule has 0 spiro atoms. The van der Waals surface area contributed by atoms with Gasteiger partial charge in [0, 0.05) is 30.7 Å². The average Bonchev–Trinajstić information content (AvgIpc) is 2.99. The van der Waals surface area contributed by atoms with Crippen molar-refractivity contribution < 1.29 is 9.90 Å². The van der Waals surface area contributed by atoms with Gasteiger partial charge < -0.3 is 15.0 Å².